The summed E-state index contributed by atoms with van der Waals surface area (Å²) in [6.07, 6.45) is 4.61. The lowest BCUT2D eigenvalue weighted by atomic mass is 9.88. The molecular weight excluding hydrogens is 455 g/mol. The third kappa shape index (κ3) is 6.50. The summed E-state index contributed by atoms with van der Waals surface area (Å²) in [7, 11) is 0. The van der Waals surface area contributed by atoms with E-state index in [2.05, 4.69) is 28.5 Å². The van der Waals surface area contributed by atoms with Gasteiger partial charge >= 0.3 is 0 Å². The van der Waals surface area contributed by atoms with Crippen LogP contribution in [0.5, 0.6) is 5.75 Å². The van der Waals surface area contributed by atoms with Gasteiger partial charge in [0, 0.05) is 38.3 Å². The fraction of sp³-hybridized carbons (Fsp3) is 0.650. The van der Waals surface area contributed by atoms with E-state index in [1.165, 1.54) is 24.0 Å². The molecule has 1 fully saturated rings. The fourth-order valence-electron chi connectivity index (χ4n) is 3.73. The van der Waals surface area contributed by atoms with Gasteiger partial charge < -0.3 is 20.5 Å². The van der Waals surface area contributed by atoms with E-state index >= 15 is 0 Å². The van der Waals surface area contributed by atoms with E-state index in [1.54, 1.807) is 0 Å². The molecule has 1 aliphatic heterocycles. The Morgan fingerprint density at radius 1 is 1.19 bits per heavy atom. The molecule has 1 saturated heterocycles. The summed E-state index contributed by atoms with van der Waals surface area (Å²) in [5.74, 6) is 1.19. The Kier molecular flexibility index (Phi) is 9.64. The van der Waals surface area contributed by atoms with Crippen LogP contribution in [0.1, 0.15) is 36.5 Å². The number of nitrogens with zero attached hydrogens (tertiary/aromatic N) is 2. The van der Waals surface area contributed by atoms with E-state index in [9.17, 15) is 5.11 Å². The van der Waals surface area contributed by atoms with Crippen LogP contribution < -0.4 is 10.6 Å². The molecule has 1 aromatic rings. The van der Waals surface area contributed by atoms with E-state index in [4.69, 9.17) is 9.73 Å². The molecule has 0 saturated carbocycles. The van der Waals surface area contributed by atoms with Crippen molar-refractivity contribution in [1.82, 2.24) is 15.5 Å². The Hall–Kier alpha value is -1.06. The molecule has 0 bridgehead atoms. The van der Waals surface area contributed by atoms with Crippen molar-refractivity contribution in [3.05, 3.63) is 28.8 Å². The van der Waals surface area contributed by atoms with E-state index in [-0.39, 0.29) is 24.0 Å². The standard InChI is InChI=1S/C20H32N4O2.HI/c1-2-21-20(22-9-10-24-11-13-26-14-12-24)23-15-18-17-6-4-3-5-16(17)7-8-19(18)25;/h7-8,25H,2-6,9-15H2,1H3,(H2,21,22,23);1H. The Labute approximate surface area is 179 Å². The van der Waals surface area contributed by atoms with Crippen LogP contribution in [0, 0.1) is 0 Å². The van der Waals surface area contributed by atoms with Crippen LogP contribution in [0.4, 0.5) is 0 Å². The van der Waals surface area contributed by atoms with Gasteiger partial charge in [-0.1, -0.05) is 6.07 Å². The van der Waals surface area contributed by atoms with Gasteiger partial charge in [0.05, 0.1) is 19.8 Å². The molecule has 0 aromatic heterocycles. The first-order chi connectivity index (χ1) is 12.8. The highest BCUT2D eigenvalue weighted by molar-refractivity contribution is 14.0. The number of hydrogen-bond donors (Lipinski definition) is 3. The second kappa shape index (κ2) is 11.7. The van der Waals surface area contributed by atoms with Gasteiger partial charge in [-0.2, -0.15) is 0 Å². The topological polar surface area (TPSA) is 69.1 Å². The summed E-state index contributed by atoms with van der Waals surface area (Å²) in [6, 6.07) is 3.90. The Morgan fingerprint density at radius 3 is 2.74 bits per heavy atom. The number of aromatic hydroxyl groups is 1. The van der Waals surface area contributed by atoms with Crippen LogP contribution in [0.2, 0.25) is 0 Å². The number of phenols is 1. The minimum absolute atomic E-state index is 0. The molecule has 0 amide bonds. The molecule has 3 N–H and O–H groups in total. The monoisotopic (exact) mass is 488 g/mol. The maximum absolute atomic E-state index is 10.3. The SMILES string of the molecule is CCNC(=NCc1c(O)ccc2c1CCCC2)NCCN1CCOCC1.I. The van der Waals surface area contributed by atoms with Crippen molar-refractivity contribution in [2.75, 3.05) is 45.9 Å². The zero-order valence-electron chi connectivity index (χ0n) is 16.3. The number of aryl methyl sites for hydroxylation is 1. The molecule has 0 atom stereocenters. The van der Waals surface area contributed by atoms with Crippen molar-refractivity contribution in [2.45, 2.75) is 39.2 Å². The number of ether oxygens (including phenoxy) is 1. The zero-order chi connectivity index (χ0) is 18.2. The zero-order valence-corrected chi connectivity index (χ0v) is 18.6. The predicted octanol–water partition coefficient (Wildman–Crippen LogP) is 2.28. The minimum Gasteiger partial charge on any atom is -0.508 e. The van der Waals surface area contributed by atoms with Crippen LogP contribution in [0.25, 0.3) is 0 Å². The third-order valence-electron chi connectivity index (χ3n) is 5.19. The van der Waals surface area contributed by atoms with Crippen molar-refractivity contribution in [3.8, 4) is 5.75 Å². The number of nitrogens with one attached hydrogen (secondary N) is 2. The largest absolute Gasteiger partial charge is 0.508 e. The molecule has 1 heterocycles. The number of aliphatic imine (C=N–C) groups is 1. The van der Waals surface area contributed by atoms with Crippen LogP contribution in [0.3, 0.4) is 0 Å². The first kappa shape index (κ1) is 22.2. The van der Waals surface area contributed by atoms with Crippen molar-refractivity contribution in [2.24, 2.45) is 4.99 Å². The first-order valence-corrected chi connectivity index (χ1v) is 9.93. The van der Waals surface area contributed by atoms with Gasteiger partial charge in [-0.25, -0.2) is 4.99 Å². The van der Waals surface area contributed by atoms with E-state index in [0.29, 0.717) is 12.3 Å². The van der Waals surface area contributed by atoms with Gasteiger partial charge in [0.1, 0.15) is 5.75 Å². The molecule has 0 unspecified atom stereocenters. The number of fused-ring (bicyclic) bond motifs is 1. The lowest BCUT2D eigenvalue weighted by Crippen LogP contribution is -2.44. The van der Waals surface area contributed by atoms with Crippen LogP contribution in [-0.2, 0) is 24.1 Å². The van der Waals surface area contributed by atoms with Gasteiger partial charge in [-0.15, -0.1) is 24.0 Å². The normalized spacial score (nSPS) is 17.7. The Balaban J connectivity index is 0.00000261. The Morgan fingerprint density at radius 2 is 1.96 bits per heavy atom. The van der Waals surface area contributed by atoms with E-state index in [1.807, 2.05) is 6.07 Å². The third-order valence-corrected chi connectivity index (χ3v) is 5.19. The van der Waals surface area contributed by atoms with Crippen molar-refractivity contribution in [3.63, 3.8) is 0 Å². The highest BCUT2D eigenvalue weighted by Crippen LogP contribution is 2.30. The van der Waals surface area contributed by atoms with Gasteiger partial charge in [0.15, 0.2) is 5.96 Å². The molecule has 0 spiro atoms. The predicted molar refractivity (Wildman–Crippen MR) is 120 cm³/mol. The van der Waals surface area contributed by atoms with Crippen LogP contribution >= 0.6 is 24.0 Å². The average molecular weight is 488 g/mol. The van der Waals surface area contributed by atoms with Crippen molar-refractivity contribution >= 4 is 29.9 Å². The van der Waals surface area contributed by atoms with E-state index in [0.717, 1.165) is 70.3 Å². The quantitative estimate of drug-likeness (QED) is 0.326. The molecule has 2 aliphatic rings. The summed E-state index contributed by atoms with van der Waals surface area (Å²) in [4.78, 5) is 7.13. The molecule has 0 radical (unpaired) electrons. The molecule has 152 valence electrons. The second-order valence-corrected chi connectivity index (χ2v) is 6.98. The highest BCUT2D eigenvalue weighted by Gasteiger charge is 2.16. The summed E-state index contributed by atoms with van der Waals surface area (Å²) in [6.45, 7) is 8.90. The summed E-state index contributed by atoms with van der Waals surface area (Å²) in [5.41, 5.74) is 3.68. The maximum atomic E-state index is 10.3. The van der Waals surface area contributed by atoms with E-state index < -0.39 is 0 Å². The van der Waals surface area contributed by atoms with Crippen molar-refractivity contribution < 1.29 is 9.84 Å². The average Bonchev–Trinajstić information content (AvgIpc) is 2.68. The molecular formula is C20H33IN4O2. The first-order valence-electron chi connectivity index (χ1n) is 9.93. The molecule has 7 heteroatoms. The number of halogens is 1. The lowest BCUT2D eigenvalue weighted by molar-refractivity contribution is 0.0389. The molecule has 1 aromatic carbocycles. The molecule has 6 nitrogen and oxygen atoms in total. The number of phenolic OH excluding ortho intramolecular Hbond substituents is 1. The van der Waals surface area contributed by atoms with Gasteiger partial charge in [0.2, 0.25) is 0 Å². The summed E-state index contributed by atoms with van der Waals surface area (Å²) in [5, 5.41) is 17.0. The number of rotatable bonds is 6. The lowest BCUT2D eigenvalue weighted by Gasteiger charge is -2.26. The maximum Gasteiger partial charge on any atom is 0.191 e. The minimum atomic E-state index is 0. The molecule has 3 rings (SSSR count). The second-order valence-electron chi connectivity index (χ2n) is 6.98. The van der Waals surface area contributed by atoms with Crippen LogP contribution in [-0.4, -0.2) is 61.9 Å². The Bertz CT molecular complexity index is 618. The smallest absolute Gasteiger partial charge is 0.191 e. The summed E-state index contributed by atoms with van der Waals surface area (Å²) < 4.78 is 5.39. The van der Waals surface area contributed by atoms with Gasteiger partial charge in [-0.3, -0.25) is 4.90 Å². The summed E-state index contributed by atoms with van der Waals surface area (Å²) >= 11 is 0. The number of hydrogen-bond acceptors (Lipinski definition) is 4. The fourth-order valence-corrected chi connectivity index (χ4v) is 3.73. The molecule has 1 aliphatic carbocycles. The molecule has 27 heavy (non-hydrogen) atoms. The number of morpholine rings is 1. The van der Waals surface area contributed by atoms with Gasteiger partial charge in [-0.05, 0) is 49.8 Å². The number of guanidine groups is 1. The van der Waals surface area contributed by atoms with Crippen molar-refractivity contribution in [1.29, 1.82) is 0 Å². The van der Waals surface area contributed by atoms with Gasteiger partial charge in [0.25, 0.3) is 0 Å². The highest BCUT2D eigenvalue weighted by atomic mass is 127. The van der Waals surface area contributed by atoms with Crippen LogP contribution in [0.15, 0.2) is 17.1 Å². The number of benzene rings is 1.